The summed E-state index contributed by atoms with van der Waals surface area (Å²) in [5, 5.41) is 22.7. The van der Waals surface area contributed by atoms with Crippen molar-refractivity contribution in [1.29, 1.82) is 0 Å². The van der Waals surface area contributed by atoms with Gasteiger partial charge in [0.15, 0.2) is 0 Å². The fourth-order valence-corrected chi connectivity index (χ4v) is 2.15. The lowest BCUT2D eigenvalue weighted by Gasteiger charge is -2.20. The quantitative estimate of drug-likeness (QED) is 0.539. The SMILES string of the molecule is NS(=O)(=O)c1ccc(OCCN(CCO)CCO)cc1. The molecule has 0 unspecified atom stereocenters. The predicted molar refractivity (Wildman–Crippen MR) is 73.9 cm³/mol. The van der Waals surface area contributed by atoms with E-state index < -0.39 is 10.0 Å². The van der Waals surface area contributed by atoms with Crippen LogP contribution in [0.3, 0.4) is 0 Å². The Labute approximate surface area is 118 Å². The lowest BCUT2D eigenvalue weighted by molar-refractivity contribution is 0.141. The van der Waals surface area contributed by atoms with Crippen LogP contribution in [0.4, 0.5) is 0 Å². The molecule has 0 aliphatic carbocycles. The predicted octanol–water partition coefficient (Wildman–Crippen LogP) is -1.00. The van der Waals surface area contributed by atoms with Crippen LogP contribution < -0.4 is 9.88 Å². The van der Waals surface area contributed by atoms with Gasteiger partial charge in [-0.05, 0) is 24.3 Å². The van der Waals surface area contributed by atoms with Crippen molar-refractivity contribution in [3.8, 4) is 5.75 Å². The Morgan fingerprint density at radius 2 is 1.60 bits per heavy atom. The van der Waals surface area contributed by atoms with Gasteiger partial charge in [-0.2, -0.15) is 0 Å². The molecular formula is C12H20N2O5S. The van der Waals surface area contributed by atoms with Crippen LogP contribution in [0.2, 0.25) is 0 Å². The van der Waals surface area contributed by atoms with Gasteiger partial charge in [0.05, 0.1) is 18.1 Å². The van der Waals surface area contributed by atoms with E-state index in [1.165, 1.54) is 24.3 Å². The van der Waals surface area contributed by atoms with Gasteiger partial charge in [-0.3, -0.25) is 4.90 Å². The first-order chi connectivity index (χ1) is 9.47. The average Bonchev–Trinajstić information content (AvgIpc) is 2.39. The van der Waals surface area contributed by atoms with E-state index in [4.69, 9.17) is 20.1 Å². The molecule has 0 radical (unpaired) electrons. The third kappa shape index (κ3) is 5.85. The van der Waals surface area contributed by atoms with Gasteiger partial charge in [0.2, 0.25) is 10.0 Å². The van der Waals surface area contributed by atoms with Gasteiger partial charge < -0.3 is 14.9 Å². The lowest BCUT2D eigenvalue weighted by atomic mass is 10.3. The largest absolute Gasteiger partial charge is 0.492 e. The molecule has 1 aromatic rings. The Balaban J connectivity index is 2.45. The van der Waals surface area contributed by atoms with Gasteiger partial charge >= 0.3 is 0 Å². The van der Waals surface area contributed by atoms with Crippen LogP contribution in [-0.2, 0) is 10.0 Å². The van der Waals surface area contributed by atoms with Crippen molar-refractivity contribution in [3.05, 3.63) is 24.3 Å². The minimum Gasteiger partial charge on any atom is -0.492 e. The number of rotatable bonds is 9. The van der Waals surface area contributed by atoms with E-state index in [-0.39, 0.29) is 18.1 Å². The van der Waals surface area contributed by atoms with Crippen LogP contribution in [0.25, 0.3) is 0 Å². The molecule has 8 heteroatoms. The number of nitrogens with zero attached hydrogens (tertiary/aromatic N) is 1. The zero-order valence-corrected chi connectivity index (χ0v) is 11.9. The van der Waals surface area contributed by atoms with E-state index in [1.807, 2.05) is 4.90 Å². The van der Waals surface area contributed by atoms with Gasteiger partial charge in [-0.25, -0.2) is 13.6 Å². The molecule has 114 valence electrons. The molecule has 1 aromatic carbocycles. The second-order valence-electron chi connectivity index (χ2n) is 4.15. The highest BCUT2D eigenvalue weighted by Crippen LogP contribution is 2.14. The topological polar surface area (TPSA) is 113 Å². The summed E-state index contributed by atoms with van der Waals surface area (Å²) in [5.74, 6) is 0.533. The maximum atomic E-state index is 11.1. The van der Waals surface area contributed by atoms with Crippen molar-refractivity contribution in [2.24, 2.45) is 5.14 Å². The van der Waals surface area contributed by atoms with Crippen LogP contribution in [0.1, 0.15) is 0 Å². The fraction of sp³-hybridized carbons (Fsp3) is 0.500. The molecule has 0 amide bonds. The molecule has 0 bridgehead atoms. The Morgan fingerprint density at radius 3 is 2.05 bits per heavy atom. The van der Waals surface area contributed by atoms with E-state index in [9.17, 15) is 8.42 Å². The molecule has 0 atom stereocenters. The van der Waals surface area contributed by atoms with Crippen LogP contribution in [0.15, 0.2) is 29.2 Å². The van der Waals surface area contributed by atoms with Crippen molar-refractivity contribution in [3.63, 3.8) is 0 Å². The molecule has 0 spiro atoms. The Morgan fingerprint density at radius 1 is 1.05 bits per heavy atom. The molecule has 1 rings (SSSR count). The third-order valence-electron chi connectivity index (χ3n) is 2.66. The summed E-state index contributed by atoms with van der Waals surface area (Å²) in [6, 6.07) is 5.82. The van der Waals surface area contributed by atoms with E-state index in [0.29, 0.717) is 32.0 Å². The summed E-state index contributed by atoms with van der Waals surface area (Å²) in [5.41, 5.74) is 0. The van der Waals surface area contributed by atoms with Gasteiger partial charge in [0.25, 0.3) is 0 Å². The van der Waals surface area contributed by atoms with Gasteiger partial charge in [-0.1, -0.05) is 0 Å². The van der Waals surface area contributed by atoms with Crippen LogP contribution in [0, 0.1) is 0 Å². The molecule has 0 aromatic heterocycles. The van der Waals surface area contributed by atoms with Crippen LogP contribution >= 0.6 is 0 Å². The highest BCUT2D eigenvalue weighted by Gasteiger charge is 2.07. The zero-order valence-electron chi connectivity index (χ0n) is 11.1. The number of aliphatic hydroxyl groups is 2. The molecule has 0 saturated carbocycles. The summed E-state index contributed by atoms with van der Waals surface area (Å²) in [6.07, 6.45) is 0. The van der Waals surface area contributed by atoms with E-state index in [1.54, 1.807) is 0 Å². The van der Waals surface area contributed by atoms with Crippen LogP contribution in [-0.4, -0.2) is 63.0 Å². The first kappa shape index (κ1) is 16.9. The maximum absolute atomic E-state index is 11.1. The summed E-state index contributed by atoms with van der Waals surface area (Å²) >= 11 is 0. The third-order valence-corrected chi connectivity index (χ3v) is 3.59. The van der Waals surface area contributed by atoms with Crippen molar-refractivity contribution >= 4 is 10.0 Å². The molecule has 20 heavy (non-hydrogen) atoms. The van der Waals surface area contributed by atoms with E-state index in [2.05, 4.69) is 0 Å². The van der Waals surface area contributed by atoms with Crippen molar-refractivity contribution in [2.75, 3.05) is 39.5 Å². The molecular weight excluding hydrogens is 284 g/mol. The second-order valence-corrected chi connectivity index (χ2v) is 5.72. The first-order valence-electron chi connectivity index (χ1n) is 6.17. The number of sulfonamides is 1. The summed E-state index contributed by atoms with van der Waals surface area (Å²) in [7, 11) is -3.69. The van der Waals surface area contributed by atoms with Gasteiger partial charge in [0, 0.05) is 19.6 Å². The monoisotopic (exact) mass is 304 g/mol. The first-order valence-corrected chi connectivity index (χ1v) is 7.71. The Kier molecular flexibility index (Phi) is 6.89. The number of nitrogens with two attached hydrogens (primary N) is 1. The fourth-order valence-electron chi connectivity index (χ4n) is 1.64. The van der Waals surface area contributed by atoms with Crippen molar-refractivity contribution in [2.45, 2.75) is 4.90 Å². The minimum absolute atomic E-state index is 0.0169. The van der Waals surface area contributed by atoms with Gasteiger partial charge in [0.1, 0.15) is 12.4 Å². The standard InChI is InChI=1S/C12H20N2O5S/c13-20(17,18)12-3-1-11(2-4-12)19-10-7-14(5-8-15)6-9-16/h1-4,15-16H,5-10H2,(H2,13,17,18). The normalized spacial score (nSPS) is 11.8. The molecule has 0 heterocycles. The highest BCUT2D eigenvalue weighted by molar-refractivity contribution is 7.89. The molecule has 0 aliphatic heterocycles. The Bertz CT molecular complexity index is 483. The van der Waals surface area contributed by atoms with E-state index in [0.717, 1.165) is 0 Å². The zero-order chi connectivity index (χ0) is 15.0. The van der Waals surface area contributed by atoms with Crippen molar-refractivity contribution < 1.29 is 23.4 Å². The summed E-state index contributed by atoms with van der Waals surface area (Å²) in [4.78, 5) is 1.89. The maximum Gasteiger partial charge on any atom is 0.238 e. The Hall–Kier alpha value is -1.19. The van der Waals surface area contributed by atoms with Crippen molar-refractivity contribution in [1.82, 2.24) is 4.90 Å². The smallest absolute Gasteiger partial charge is 0.238 e. The molecule has 0 aliphatic rings. The number of primary sulfonamides is 1. The lowest BCUT2D eigenvalue weighted by Crippen LogP contribution is -2.33. The van der Waals surface area contributed by atoms with Gasteiger partial charge in [-0.15, -0.1) is 0 Å². The number of ether oxygens (including phenoxy) is 1. The summed E-state index contributed by atoms with van der Waals surface area (Å²) in [6.45, 7) is 1.89. The molecule has 4 N–H and O–H groups in total. The second kappa shape index (κ2) is 8.18. The minimum atomic E-state index is -3.69. The highest BCUT2D eigenvalue weighted by atomic mass is 32.2. The average molecular weight is 304 g/mol. The number of hydrogen-bond donors (Lipinski definition) is 3. The summed E-state index contributed by atoms with van der Waals surface area (Å²) < 4.78 is 27.6. The number of benzene rings is 1. The molecule has 0 fully saturated rings. The number of aliphatic hydroxyl groups excluding tert-OH is 2. The van der Waals surface area contributed by atoms with E-state index >= 15 is 0 Å². The van der Waals surface area contributed by atoms with Crippen LogP contribution in [0.5, 0.6) is 5.75 Å². The molecule has 7 nitrogen and oxygen atoms in total. The number of hydrogen-bond acceptors (Lipinski definition) is 6. The molecule has 0 saturated heterocycles.